The summed E-state index contributed by atoms with van der Waals surface area (Å²) in [7, 11) is -1.76. The van der Waals surface area contributed by atoms with Gasteiger partial charge in [-0.3, -0.25) is 0 Å². The van der Waals surface area contributed by atoms with Crippen molar-refractivity contribution in [2.75, 3.05) is 0 Å². The summed E-state index contributed by atoms with van der Waals surface area (Å²) in [5.41, 5.74) is 5.67. The number of halogens is 3. The van der Waals surface area contributed by atoms with E-state index < -0.39 is 14.1 Å². The quantitative estimate of drug-likeness (QED) is 0.351. The molecule has 118 valence electrons. The minimum Gasteiger partial charge on any atom is -0.162 e. The first kappa shape index (κ1) is 18.1. The molecule has 0 unspecified atom stereocenters. The van der Waals surface area contributed by atoms with Gasteiger partial charge in [-0.25, -0.2) is 0 Å². The number of benzene rings is 2. The van der Waals surface area contributed by atoms with E-state index >= 15 is 0 Å². The standard InChI is InChI=1S/C15H15ClSi.C2H6Cl2Si/c1-17(2,16)15-9-5-8-13-12-7-4-3-6-11(12)10-14(13)15;1-5(2,3)4/h3-9H,10H2,1-2H3;1-2H3. The lowest BCUT2D eigenvalue weighted by Crippen LogP contribution is -2.37. The monoisotopic (exact) mass is 386 g/mol. The molecule has 0 aliphatic heterocycles. The first-order valence-corrected chi connectivity index (χ1v) is 16.4. The molecule has 0 fully saturated rings. The van der Waals surface area contributed by atoms with Crippen LogP contribution in [0.15, 0.2) is 42.5 Å². The topological polar surface area (TPSA) is 0 Å². The van der Waals surface area contributed by atoms with Gasteiger partial charge in [0.2, 0.25) is 6.69 Å². The Labute approximate surface area is 149 Å². The van der Waals surface area contributed by atoms with E-state index in [0.29, 0.717) is 0 Å². The molecule has 2 aromatic carbocycles. The maximum atomic E-state index is 6.62. The molecular weight excluding hydrogens is 367 g/mol. The average molecular weight is 388 g/mol. The van der Waals surface area contributed by atoms with Crippen LogP contribution in [-0.2, 0) is 6.42 Å². The lowest BCUT2D eigenvalue weighted by Gasteiger charge is -2.17. The van der Waals surface area contributed by atoms with Crippen LogP contribution in [0.3, 0.4) is 0 Å². The van der Waals surface area contributed by atoms with Crippen LogP contribution in [0.1, 0.15) is 11.1 Å². The van der Waals surface area contributed by atoms with Crippen LogP contribution >= 0.6 is 33.2 Å². The second-order valence-electron chi connectivity index (χ2n) is 6.47. The first-order chi connectivity index (χ1) is 10.1. The molecule has 5 heteroatoms. The molecule has 0 amide bonds. The Hall–Kier alpha value is -0.256. The number of hydrogen-bond donors (Lipinski definition) is 0. The summed E-state index contributed by atoms with van der Waals surface area (Å²) in [6.07, 6.45) is 1.05. The van der Waals surface area contributed by atoms with Crippen LogP contribution < -0.4 is 5.19 Å². The maximum absolute atomic E-state index is 6.62. The zero-order valence-electron chi connectivity index (χ0n) is 13.4. The Bertz CT molecular complexity index is 664. The van der Waals surface area contributed by atoms with E-state index in [9.17, 15) is 0 Å². The third-order valence-electron chi connectivity index (χ3n) is 3.49. The molecule has 0 saturated heterocycles. The van der Waals surface area contributed by atoms with Crippen molar-refractivity contribution in [1.82, 2.24) is 0 Å². The maximum Gasteiger partial charge on any atom is 0.245 e. The molecule has 0 heterocycles. The SMILES string of the molecule is C[Si](C)(Cl)Cl.C[Si](C)(Cl)c1cccc2c1Cc1ccccc1-2. The Morgan fingerprint density at radius 1 is 0.773 bits per heavy atom. The Morgan fingerprint density at radius 2 is 1.32 bits per heavy atom. The Morgan fingerprint density at radius 3 is 1.91 bits per heavy atom. The van der Waals surface area contributed by atoms with Gasteiger partial charge in [0.15, 0.2) is 7.38 Å². The lowest BCUT2D eigenvalue weighted by molar-refractivity contribution is 1.28. The smallest absolute Gasteiger partial charge is 0.162 e. The molecule has 0 nitrogen and oxygen atoms in total. The molecule has 1 aliphatic carbocycles. The van der Waals surface area contributed by atoms with Gasteiger partial charge in [-0.2, -0.15) is 11.1 Å². The third-order valence-corrected chi connectivity index (χ3v) is 5.85. The zero-order valence-corrected chi connectivity index (χ0v) is 17.7. The van der Waals surface area contributed by atoms with Gasteiger partial charge >= 0.3 is 0 Å². The molecule has 0 aromatic heterocycles. The predicted molar refractivity (Wildman–Crippen MR) is 107 cm³/mol. The fraction of sp³-hybridized carbons (Fsp3) is 0.294. The van der Waals surface area contributed by atoms with Crippen LogP contribution in [-0.4, -0.2) is 14.1 Å². The van der Waals surface area contributed by atoms with E-state index in [1.54, 1.807) is 0 Å². The van der Waals surface area contributed by atoms with Gasteiger partial charge in [0.05, 0.1) is 0 Å². The van der Waals surface area contributed by atoms with Crippen molar-refractivity contribution in [3.05, 3.63) is 53.6 Å². The summed E-state index contributed by atoms with van der Waals surface area (Å²) >= 11 is 17.5. The molecule has 0 N–H and O–H groups in total. The third kappa shape index (κ3) is 4.62. The fourth-order valence-electron chi connectivity index (χ4n) is 2.71. The summed E-state index contributed by atoms with van der Waals surface area (Å²) < 4.78 is 0. The van der Waals surface area contributed by atoms with Gasteiger partial charge in [0.25, 0.3) is 0 Å². The molecule has 0 atom stereocenters. The van der Waals surface area contributed by atoms with Gasteiger partial charge in [0, 0.05) is 0 Å². The summed E-state index contributed by atoms with van der Waals surface area (Å²) in [6, 6.07) is 15.3. The molecule has 0 saturated carbocycles. The summed E-state index contributed by atoms with van der Waals surface area (Å²) in [5, 5.41) is 1.40. The largest absolute Gasteiger partial charge is 0.245 e. The number of hydrogen-bond acceptors (Lipinski definition) is 0. The van der Waals surface area contributed by atoms with Gasteiger partial charge in [-0.05, 0) is 47.0 Å². The zero-order chi connectivity index (χ0) is 16.5. The Balaban J connectivity index is 0.000000309. The minimum absolute atomic E-state index is 1.05. The van der Waals surface area contributed by atoms with Gasteiger partial charge in [-0.1, -0.05) is 55.6 Å². The molecule has 0 radical (unpaired) electrons. The van der Waals surface area contributed by atoms with Crippen LogP contribution in [0, 0.1) is 0 Å². The highest BCUT2D eigenvalue weighted by Crippen LogP contribution is 2.36. The molecule has 0 bridgehead atoms. The second-order valence-corrected chi connectivity index (χ2v) is 21.7. The molecule has 2 aromatic rings. The summed E-state index contributed by atoms with van der Waals surface area (Å²) in [6.45, 7) is 6.45. The molecule has 3 rings (SSSR count). The summed E-state index contributed by atoms with van der Waals surface area (Å²) in [5.74, 6) is 0. The van der Waals surface area contributed by atoms with Gasteiger partial charge < -0.3 is 0 Å². The number of rotatable bonds is 1. The van der Waals surface area contributed by atoms with Crippen LogP contribution in [0.25, 0.3) is 11.1 Å². The highest BCUT2D eigenvalue weighted by molar-refractivity contribution is 7.44. The van der Waals surface area contributed by atoms with Crippen LogP contribution in [0.5, 0.6) is 0 Å². The molecule has 0 spiro atoms. The predicted octanol–water partition coefficient (Wildman–Crippen LogP) is 6.07. The van der Waals surface area contributed by atoms with E-state index in [4.69, 9.17) is 33.2 Å². The van der Waals surface area contributed by atoms with Gasteiger partial charge in [-0.15, -0.1) is 22.2 Å². The van der Waals surface area contributed by atoms with E-state index in [2.05, 4.69) is 55.6 Å². The van der Waals surface area contributed by atoms with E-state index in [1.807, 2.05) is 13.1 Å². The molecule has 22 heavy (non-hydrogen) atoms. The van der Waals surface area contributed by atoms with Gasteiger partial charge in [0.1, 0.15) is 0 Å². The van der Waals surface area contributed by atoms with E-state index in [0.717, 1.165) is 6.42 Å². The van der Waals surface area contributed by atoms with Crippen molar-refractivity contribution in [1.29, 1.82) is 0 Å². The van der Waals surface area contributed by atoms with Crippen molar-refractivity contribution in [2.45, 2.75) is 32.6 Å². The van der Waals surface area contributed by atoms with Crippen LogP contribution in [0.2, 0.25) is 26.2 Å². The van der Waals surface area contributed by atoms with E-state index in [1.165, 1.54) is 27.4 Å². The fourth-order valence-corrected chi connectivity index (χ4v) is 4.68. The minimum atomic E-state index is -1.76. The van der Waals surface area contributed by atoms with Crippen molar-refractivity contribution in [3.8, 4) is 11.1 Å². The molecular formula is C17H21Cl3Si2. The highest BCUT2D eigenvalue weighted by Gasteiger charge is 2.28. The second kappa shape index (κ2) is 6.70. The number of fused-ring (bicyclic) bond motifs is 3. The molecule has 1 aliphatic rings. The van der Waals surface area contributed by atoms with Crippen molar-refractivity contribution < 1.29 is 0 Å². The highest BCUT2D eigenvalue weighted by atomic mass is 35.7. The van der Waals surface area contributed by atoms with Crippen molar-refractivity contribution in [2.24, 2.45) is 0 Å². The van der Waals surface area contributed by atoms with Crippen molar-refractivity contribution in [3.63, 3.8) is 0 Å². The van der Waals surface area contributed by atoms with Crippen LogP contribution in [0.4, 0.5) is 0 Å². The first-order valence-electron chi connectivity index (χ1n) is 7.35. The Kier molecular flexibility index (Phi) is 5.51. The summed E-state index contributed by atoms with van der Waals surface area (Å²) in [4.78, 5) is 0. The van der Waals surface area contributed by atoms with Crippen molar-refractivity contribution >= 4 is 52.5 Å². The average Bonchev–Trinajstić information content (AvgIpc) is 2.73. The normalized spacial score (nSPS) is 13.0. The van der Waals surface area contributed by atoms with E-state index in [-0.39, 0.29) is 0 Å². The lowest BCUT2D eigenvalue weighted by atomic mass is 10.1.